The van der Waals surface area contributed by atoms with Gasteiger partial charge < -0.3 is 20.0 Å². The molecule has 0 saturated carbocycles. The van der Waals surface area contributed by atoms with Gasteiger partial charge in [0.1, 0.15) is 22.8 Å². The fourth-order valence-electron chi connectivity index (χ4n) is 2.29. The summed E-state index contributed by atoms with van der Waals surface area (Å²) in [4.78, 5) is 41.5. The zero-order valence-corrected chi connectivity index (χ0v) is 16.4. The second-order valence-electron chi connectivity index (χ2n) is 6.07. The molecule has 2 heterocycles. The number of hydrogen-bond acceptors (Lipinski definition) is 7. The molecule has 1 unspecified atom stereocenters. The number of carbonyl (C=O) groups excluding carboxylic acids is 3. The molecule has 29 heavy (non-hydrogen) atoms. The summed E-state index contributed by atoms with van der Waals surface area (Å²) in [6, 6.07) is 0. The van der Waals surface area contributed by atoms with Crippen LogP contribution in [0.4, 0.5) is 13.2 Å². The van der Waals surface area contributed by atoms with E-state index in [1.807, 2.05) is 6.20 Å². The van der Waals surface area contributed by atoms with Crippen LogP contribution in [0.25, 0.3) is 0 Å². The molecule has 0 radical (unpaired) electrons. The third-order valence-corrected chi connectivity index (χ3v) is 4.47. The number of Topliss-reactive ketones (excluding diaryl/α,β-unsaturated/α-hetero) is 1. The number of carboxylic acid groups (broad SMARTS) is 1. The first-order valence-electron chi connectivity index (χ1n) is 8.64. The lowest BCUT2D eigenvalue weighted by atomic mass is 10.1. The molecule has 1 amide bonds. The highest BCUT2D eigenvalue weighted by atomic mass is 32.1. The van der Waals surface area contributed by atoms with E-state index in [-0.39, 0.29) is 17.9 Å². The second-order valence-corrected chi connectivity index (χ2v) is 6.96. The summed E-state index contributed by atoms with van der Waals surface area (Å²) in [5.74, 6) is -2.87. The van der Waals surface area contributed by atoms with Gasteiger partial charge in [-0.15, -0.1) is 11.3 Å². The van der Waals surface area contributed by atoms with Crippen molar-refractivity contribution >= 4 is 35.3 Å². The van der Waals surface area contributed by atoms with E-state index in [9.17, 15) is 22.8 Å². The van der Waals surface area contributed by atoms with Gasteiger partial charge in [0.2, 0.25) is 0 Å². The second kappa shape index (κ2) is 12.1. The molecule has 1 aliphatic rings. The predicted octanol–water partition coefficient (Wildman–Crippen LogP) is 0.435. The number of carbonyl (C=O) groups is 3. The molecule has 12 heteroatoms. The highest BCUT2D eigenvalue weighted by molar-refractivity contribution is 7.11. The Morgan fingerprint density at radius 3 is 2.45 bits per heavy atom. The van der Waals surface area contributed by atoms with Gasteiger partial charge in [-0.3, -0.25) is 9.78 Å². The molecule has 0 aliphatic carbocycles. The quantitative estimate of drug-likeness (QED) is 0.547. The number of aromatic nitrogens is 1. The molecule has 1 aromatic rings. The van der Waals surface area contributed by atoms with E-state index in [0.29, 0.717) is 11.3 Å². The molecule has 8 nitrogen and oxygen atoms in total. The maximum atomic E-state index is 12.2. The summed E-state index contributed by atoms with van der Waals surface area (Å²) in [5.41, 5.74) is 1.65. The molecule has 1 aromatic heterocycles. The highest BCUT2D eigenvalue weighted by Crippen LogP contribution is 2.11. The molecule has 0 saturated heterocycles. The summed E-state index contributed by atoms with van der Waals surface area (Å²) >= 11 is 1.33. The molecule has 1 aliphatic heterocycles. The lowest BCUT2D eigenvalue weighted by molar-refractivity contribution is -0.772. The standard InChI is InChI=1S/C15H20N4O2S.C2HF3O2/c1-12(20)5-3-2-4-6-14(19-8-7-16-10-19)18-15(21)13-9-17-11-22-13;3-2(4,5)1(6)7/h7-11,14H,2-6H2,1H3,(H,18,21);(H,6,7)/t14-;/m0./s1. The van der Waals surface area contributed by atoms with E-state index in [1.165, 1.54) is 11.3 Å². The summed E-state index contributed by atoms with van der Waals surface area (Å²) < 4.78 is 31.5. The molecule has 0 bridgehead atoms. The van der Waals surface area contributed by atoms with Crippen LogP contribution in [0.2, 0.25) is 0 Å². The third kappa shape index (κ3) is 9.94. The summed E-state index contributed by atoms with van der Waals surface area (Å²) in [7, 11) is 0. The van der Waals surface area contributed by atoms with E-state index in [0.717, 1.165) is 30.6 Å². The van der Waals surface area contributed by atoms with Crippen LogP contribution in [0.1, 0.15) is 48.7 Å². The van der Waals surface area contributed by atoms with Crippen LogP contribution in [0.5, 0.6) is 0 Å². The maximum Gasteiger partial charge on any atom is 0.430 e. The number of aliphatic imine (C=N–C) groups is 1. The van der Waals surface area contributed by atoms with Crippen molar-refractivity contribution in [2.75, 3.05) is 0 Å². The van der Waals surface area contributed by atoms with Crippen molar-refractivity contribution in [3.8, 4) is 0 Å². The van der Waals surface area contributed by atoms with Gasteiger partial charge in [-0.1, -0.05) is 6.42 Å². The Kier molecular flexibility index (Phi) is 10.2. The summed E-state index contributed by atoms with van der Waals surface area (Å²) in [6.07, 6.45) is 6.11. The minimum absolute atomic E-state index is 0.0468. The minimum Gasteiger partial charge on any atom is -0.542 e. The first-order chi connectivity index (χ1) is 13.6. The van der Waals surface area contributed by atoms with Gasteiger partial charge in [-0.2, -0.15) is 13.2 Å². The predicted molar refractivity (Wildman–Crippen MR) is 96.8 cm³/mol. The van der Waals surface area contributed by atoms with Gasteiger partial charge in [0.05, 0.1) is 17.9 Å². The number of rotatable bonds is 9. The largest absolute Gasteiger partial charge is 0.542 e. The van der Waals surface area contributed by atoms with Crippen LogP contribution < -0.4 is 15.3 Å². The van der Waals surface area contributed by atoms with E-state index >= 15 is 0 Å². The lowest BCUT2D eigenvalue weighted by Gasteiger charge is -2.20. The highest BCUT2D eigenvalue weighted by Gasteiger charge is 2.28. The maximum absolute atomic E-state index is 12.2. The smallest absolute Gasteiger partial charge is 0.430 e. The van der Waals surface area contributed by atoms with Crippen molar-refractivity contribution in [3.63, 3.8) is 0 Å². The van der Waals surface area contributed by atoms with Crippen LogP contribution in [0.3, 0.4) is 0 Å². The van der Waals surface area contributed by atoms with Crippen molar-refractivity contribution in [2.45, 2.75) is 51.4 Å². The number of amides is 1. The van der Waals surface area contributed by atoms with Gasteiger partial charge >= 0.3 is 6.18 Å². The fraction of sp³-hybridized carbons (Fsp3) is 0.471. The Morgan fingerprint density at radius 2 is 1.97 bits per heavy atom. The first-order valence-corrected chi connectivity index (χ1v) is 9.52. The molecule has 2 atom stereocenters. The van der Waals surface area contributed by atoms with Crippen LogP contribution >= 0.6 is 11.3 Å². The van der Waals surface area contributed by atoms with Gasteiger partial charge in [-0.05, 0) is 19.8 Å². The number of hydrogen-bond donors (Lipinski definition) is 2. The molecule has 0 spiro atoms. The fourth-order valence-corrected chi connectivity index (χ4v) is 2.81. The molecular formula is C17H21F3N4O4S. The van der Waals surface area contributed by atoms with Crippen LogP contribution in [0, 0.1) is 0 Å². The molecule has 2 N–H and O–H groups in total. The number of ketones is 1. The monoisotopic (exact) mass is 434 g/mol. The molecule has 0 fully saturated rings. The number of nitrogens with one attached hydrogen (secondary N) is 2. The van der Waals surface area contributed by atoms with Crippen LogP contribution in [-0.2, 0) is 9.59 Å². The van der Waals surface area contributed by atoms with E-state index < -0.39 is 12.1 Å². The first kappa shape index (κ1) is 24.4. The molecule has 0 aromatic carbocycles. The normalized spacial score (nSPS) is 16.1. The van der Waals surface area contributed by atoms with Crippen molar-refractivity contribution in [3.05, 3.63) is 29.0 Å². The minimum atomic E-state index is -5.19. The van der Waals surface area contributed by atoms with E-state index in [2.05, 4.69) is 15.3 Å². The number of nitrogens with zero attached hydrogens (tertiary/aromatic N) is 2. The Balaban J connectivity index is 0.000000516. The molecular weight excluding hydrogens is 413 g/mol. The van der Waals surface area contributed by atoms with E-state index in [1.54, 1.807) is 31.2 Å². The topological polar surface area (TPSA) is 116 Å². The third-order valence-electron chi connectivity index (χ3n) is 3.69. The summed E-state index contributed by atoms with van der Waals surface area (Å²) in [6.45, 7) is 1.62. The number of alkyl halides is 3. The number of aliphatic carboxylic acids is 1. The number of thiazole rings is 1. The van der Waals surface area contributed by atoms with Crippen molar-refractivity contribution < 1.29 is 37.6 Å². The Morgan fingerprint density at radius 1 is 1.28 bits per heavy atom. The average Bonchev–Trinajstić information content (AvgIpc) is 3.33. The molecule has 160 valence electrons. The van der Waals surface area contributed by atoms with Crippen LogP contribution in [-0.4, -0.2) is 41.3 Å². The summed E-state index contributed by atoms with van der Waals surface area (Å²) in [5, 5.41) is 11.8. The number of unbranched alkanes of at least 4 members (excludes halogenated alkanes) is 2. The van der Waals surface area contributed by atoms with Gasteiger partial charge in [0.25, 0.3) is 5.91 Å². The van der Waals surface area contributed by atoms with Crippen molar-refractivity contribution in [2.24, 2.45) is 4.99 Å². The van der Waals surface area contributed by atoms with Crippen LogP contribution in [0.15, 0.2) is 29.1 Å². The Hall–Kier alpha value is -2.60. The lowest BCUT2D eigenvalue weighted by Crippen LogP contribution is -3.12. The number of halogens is 3. The van der Waals surface area contributed by atoms with Crippen molar-refractivity contribution in [1.82, 2.24) is 10.3 Å². The number of quaternary nitrogens is 1. The van der Waals surface area contributed by atoms with Gasteiger partial charge in [0.15, 0.2) is 12.5 Å². The van der Waals surface area contributed by atoms with Gasteiger partial charge in [0, 0.05) is 12.8 Å². The zero-order valence-electron chi connectivity index (χ0n) is 15.6. The van der Waals surface area contributed by atoms with E-state index in [4.69, 9.17) is 9.90 Å². The number of carboxylic acids is 1. The zero-order chi connectivity index (χ0) is 21.9. The average molecular weight is 434 g/mol. The SMILES string of the molecule is CC(=O)CCCCC[C@@H](NC(=O)c1cncs1)[NH+]1C=CN=C1.O=C([O-])C(F)(F)F. The van der Waals surface area contributed by atoms with Crippen molar-refractivity contribution in [1.29, 1.82) is 0 Å². The van der Waals surface area contributed by atoms with Gasteiger partial charge in [-0.25, -0.2) is 9.89 Å². The Labute approximate surface area is 169 Å². The molecule has 2 rings (SSSR count). The Bertz CT molecular complexity index is 724.